The maximum absolute atomic E-state index is 12.6. The Bertz CT molecular complexity index is 670. The first-order valence-electron chi connectivity index (χ1n) is 5.59. The number of carbonyl (C=O) groups excluding carboxylic acids is 1. The Morgan fingerprint density at radius 2 is 2.14 bits per heavy atom. The second-order valence-corrected chi connectivity index (χ2v) is 4.43. The van der Waals surface area contributed by atoms with E-state index in [0.29, 0.717) is 18.0 Å². The minimum atomic E-state index is -4.63. The Hall–Kier alpha value is -2.09. The number of hydrogen-bond acceptors (Lipinski definition) is 5. The summed E-state index contributed by atoms with van der Waals surface area (Å²) in [7, 11) is 0. The standard InChI is InChI=1S/C12H8ClF3N2O3/c1-6-2-8(21-18-6)5-20-11(19)9-3-7(12(14,15)16)4-17-10(9)13/h2-4H,5H2,1H3. The average Bonchev–Trinajstić information content (AvgIpc) is 2.81. The van der Waals surface area contributed by atoms with E-state index in [2.05, 4.69) is 10.1 Å². The highest BCUT2D eigenvalue weighted by Crippen LogP contribution is 2.30. The zero-order valence-electron chi connectivity index (χ0n) is 10.6. The fourth-order valence-corrected chi connectivity index (χ4v) is 1.63. The number of carbonyl (C=O) groups is 1. The normalized spacial score (nSPS) is 11.5. The molecule has 0 atom stereocenters. The number of pyridine rings is 1. The molecule has 5 nitrogen and oxygen atoms in total. The van der Waals surface area contributed by atoms with E-state index in [4.69, 9.17) is 20.9 Å². The molecule has 0 fully saturated rings. The number of esters is 1. The van der Waals surface area contributed by atoms with Gasteiger partial charge < -0.3 is 9.26 Å². The third-order valence-electron chi connectivity index (χ3n) is 2.41. The SMILES string of the molecule is Cc1cc(COC(=O)c2cc(C(F)(F)F)cnc2Cl)on1. The minimum absolute atomic E-state index is 0.261. The van der Waals surface area contributed by atoms with Gasteiger partial charge >= 0.3 is 12.1 Å². The molecule has 0 aliphatic carbocycles. The maximum Gasteiger partial charge on any atom is 0.417 e. The summed E-state index contributed by atoms with van der Waals surface area (Å²) in [5, 5.41) is 3.20. The van der Waals surface area contributed by atoms with E-state index >= 15 is 0 Å². The van der Waals surface area contributed by atoms with Gasteiger partial charge in [-0.25, -0.2) is 9.78 Å². The van der Waals surface area contributed by atoms with Crippen molar-refractivity contribution < 1.29 is 27.2 Å². The van der Waals surface area contributed by atoms with Crippen LogP contribution in [-0.2, 0) is 17.5 Å². The van der Waals surface area contributed by atoms with E-state index in [9.17, 15) is 18.0 Å². The molecule has 0 unspecified atom stereocenters. The van der Waals surface area contributed by atoms with Crippen molar-refractivity contribution in [3.8, 4) is 0 Å². The van der Waals surface area contributed by atoms with Crippen molar-refractivity contribution >= 4 is 17.6 Å². The molecule has 0 aromatic carbocycles. The number of alkyl halides is 3. The second-order valence-electron chi connectivity index (χ2n) is 4.07. The molecule has 0 saturated heterocycles. The third kappa shape index (κ3) is 3.72. The van der Waals surface area contributed by atoms with Crippen LogP contribution in [0.5, 0.6) is 0 Å². The molecule has 9 heteroatoms. The molecule has 21 heavy (non-hydrogen) atoms. The molecule has 0 aliphatic heterocycles. The minimum Gasteiger partial charge on any atom is -0.454 e. The predicted octanol–water partition coefficient (Wildman–Crippen LogP) is 3.41. The average molecular weight is 321 g/mol. The molecule has 0 bridgehead atoms. The number of halogens is 4. The summed E-state index contributed by atoms with van der Waals surface area (Å²) in [5.41, 5.74) is -0.975. The zero-order valence-corrected chi connectivity index (χ0v) is 11.3. The van der Waals surface area contributed by atoms with Gasteiger partial charge in [0.25, 0.3) is 0 Å². The lowest BCUT2D eigenvalue weighted by Crippen LogP contribution is -2.11. The van der Waals surface area contributed by atoms with Crippen molar-refractivity contribution in [3.63, 3.8) is 0 Å². The Balaban J connectivity index is 2.15. The number of nitrogens with zero attached hydrogens (tertiary/aromatic N) is 2. The molecule has 2 aromatic heterocycles. The van der Waals surface area contributed by atoms with Gasteiger partial charge in [-0.2, -0.15) is 13.2 Å². The first kappa shape index (κ1) is 15.3. The highest BCUT2D eigenvalue weighted by molar-refractivity contribution is 6.32. The van der Waals surface area contributed by atoms with Gasteiger partial charge in [0.2, 0.25) is 0 Å². The van der Waals surface area contributed by atoms with Gasteiger partial charge in [-0.3, -0.25) is 0 Å². The Morgan fingerprint density at radius 3 is 2.71 bits per heavy atom. The number of aryl methyl sites for hydroxylation is 1. The molecule has 0 radical (unpaired) electrons. The van der Waals surface area contributed by atoms with E-state index < -0.39 is 23.3 Å². The summed E-state index contributed by atoms with van der Waals surface area (Å²) >= 11 is 5.61. The molecule has 2 rings (SSSR count). The van der Waals surface area contributed by atoms with Crippen LogP contribution in [0.25, 0.3) is 0 Å². The van der Waals surface area contributed by atoms with Crippen LogP contribution in [0, 0.1) is 6.92 Å². The fourth-order valence-electron chi connectivity index (χ4n) is 1.45. The largest absolute Gasteiger partial charge is 0.454 e. The summed E-state index contributed by atoms with van der Waals surface area (Å²) in [5.74, 6) is -0.774. The Kier molecular flexibility index (Phi) is 4.17. The number of rotatable bonds is 3. The Labute approximate surface area is 121 Å². The number of hydrogen-bond donors (Lipinski definition) is 0. The van der Waals surface area contributed by atoms with Crippen LogP contribution in [0.15, 0.2) is 22.9 Å². The highest BCUT2D eigenvalue weighted by Gasteiger charge is 2.32. The van der Waals surface area contributed by atoms with Crippen LogP contribution < -0.4 is 0 Å². The van der Waals surface area contributed by atoms with Crippen LogP contribution in [0.1, 0.15) is 27.4 Å². The summed E-state index contributed by atoms with van der Waals surface area (Å²) in [6, 6.07) is 2.11. The predicted molar refractivity (Wildman–Crippen MR) is 64.6 cm³/mol. The maximum atomic E-state index is 12.6. The fraction of sp³-hybridized carbons (Fsp3) is 0.250. The molecular formula is C12H8ClF3N2O3. The first-order valence-corrected chi connectivity index (χ1v) is 5.97. The zero-order chi connectivity index (χ0) is 15.6. The molecule has 0 spiro atoms. The molecule has 0 N–H and O–H groups in total. The van der Waals surface area contributed by atoms with Crippen LogP contribution in [-0.4, -0.2) is 16.1 Å². The Morgan fingerprint density at radius 1 is 1.43 bits per heavy atom. The molecule has 2 aromatic rings. The number of ether oxygens (including phenoxy) is 1. The van der Waals surface area contributed by atoms with Gasteiger partial charge in [0.15, 0.2) is 12.4 Å². The van der Waals surface area contributed by atoms with Crippen molar-refractivity contribution in [1.29, 1.82) is 0 Å². The van der Waals surface area contributed by atoms with E-state index in [0.717, 1.165) is 0 Å². The number of aromatic nitrogens is 2. The van der Waals surface area contributed by atoms with E-state index in [1.807, 2.05) is 0 Å². The smallest absolute Gasteiger partial charge is 0.417 e. The molecular weight excluding hydrogens is 313 g/mol. The van der Waals surface area contributed by atoms with E-state index in [1.54, 1.807) is 6.92 Å². The van der Waals surface area contributed by atoms with Gasteiger partial charge in [-0.1, -0.05) is 16.8 Å². The van der Waals surface area contributed by atoms with Crippen molar-refractivity contribution in [1.82, 2.24) is 10.1 Å². The summed E-state index contributed by atoms with van der Waals surface area (Å²) in [6.45, 7) is 1.40. The van der Waals surface area contributed by atoms with E-state index in [-0.39, 0.29) is 17.5 Å². The topological polar surface area (TPSA) is 65.2 Å². The lowest BCUT2D eigenvalue weighted by molar-refractivity contribution is -0.137. The van der Waals surface area contributed by atoms with Crippen LogP contribution in [0.4, 0.5) is 13.2 Å². The summed E-state index contributed by atoms with van der Waals surface area (Å²) in [6.07, 6.45) is -4.09. The van der Waals surface area contributed by atoms with Crippen molar-refractivity contribution in [2.45, 2.75) is 19.7 Å². The van der Waals surface area contributed by atoms with Gasteiger partial charge in [0.1, 0.15) is 5.15 Å². The lowest BCUT2D eigenvalue weighted by atomic mass is 10.2. The van der Waals surface area contributed by atoms with Crippen molar-refractivity contribution in [2.24, 2.45) is 0 Å². The van der Waals surface area contributed by atoms with E-state index in [1.165, 1.54) is 6.07 Å². The second kappa shape index (κ2) is 5.72. The monoisotopic (exact) mass is 320 g/mol. The van der Waals surface area contributed by atoms with Crippen LogP contribution >= 0.6 is 11.6 Å². The van der Waals surface area contributed by atoms with Gasteiger partial charge in [0.05, 0.1) is 16.8 Å². The molecule has 0 saturated carbocycles. The molecule has 0 aliphatic rings. The molecule has 112 valence electrons. The van der Waals surface area contributed by atoms with Crippen molar-refractivity contribution in [3.05, 3.63) is 46.1 Å². The van der Waals surface area contributed by atoms with Crippen LogP contribution in [0.2, 0.25) is 5.15 Å². The van der Waals surface area contributed by atoms with Crippen LogP contribution in [0.3, 0.4) is 0 Å². The first-order chi connectivity index (χ1) is 9.77. The van der Waals surface area contributed by atoms with Gasteiger partial charge in [-0.15, -0.1) is 0 Å². The lowest BCUT2D eigenvalue weighted by Gasteiger charge is -2.09. The summed E-state index contributed by atoms with van der Waals surface area (Å²) < 4.78 is 47.3. The summed E-state index contributed by atoms with van der Waals surface area (Å²) in [4.78, 5) is 15.1. The molecule has 0 amide bonds. The quantitative estimate of drug-likeness (QED) is 0.640. The van der Waals surface area contributed by atoms with Crippen molar-refractivity contribution in [2.75, 3.05) is 0 Å². The molecule has 2 heterocycles. The highest BCUT2D eigenvalue weighted by atomic mass is 35.5. The van der Waals surface area contributed by atoms with Gasteiger partial charge in [0, 0.05) is 12.3 Å². The van der Waals surface area contributed by atoms with Gasteiger partial charge in [-0.05, 0) is 13.0 Å². The third-order valence-corrected chi connectivity index (χ3v) is 2.71.